The zero-order valence-corrected chi connectivity index (χ0v) is 11.8. The van der Waals surface area contributed by atoms with Gasteiger partial charge in [-0.2, -0.15) is 0 Å². The van der Waals surface area contributed by atoms with E-state index < -0.39 is 0 Å². The van der Waals surface area contributed by atoms with E-state index >= 15 is 0 Å². The predicted molar refractivity (Wildman–Crippen MR) is 72.0 cm³/mol. The summed E-state index contributed by atoms with van der Waals surface area (Å²) in [5.41, 5.74) is 5.59. The number of oxime groups is 1. The molecular weight excluding hydrogens is 234 g/mol. The largest absolute Gasteiger partial charge is 0.409 e. The van der Waals surface area contributed by atoms with Crippen molar-refractivity contribution >= 4 is 5.84 Å². The molecule has 6 heteroatoms. The van der Waals surface area contributed by atoms with Crippen molar-refractivity contribution in [1.29, 1.82) is 0 Å². The van der Waals surface area contributed by atoms with Gasteiger partial charge >= 0.3 is 0 Å². The highest BCUT2D eigenvalue weighted by Crippen LogP contribution is 2.09. The van der Waals surface area contributed by atoms with Crippen molar-refractivity contribution in [1.82, 2.24) is 4.90 Å². The van der Waals surface area contributed by atoms with Gasteiger partial charge in [0, 0.05) is 46.4 Å². The van der Waals surface area contributed by atoms with E-state index in [0.29, 0.717) is 13.0 Å². The Morgan fingerprint density at radius 2 is 1.94 bits per heavy atom. The molecule has 18 heavy (non-hydrogen) atoms. The van der Waals surface area contributed by atoms with Gasteiger partial charge in [-0.1, -0.05) is 12.1 Å². The molecule has 108 valence electrons. The van der Waals surface area contributed by atoms with E-state index in [0.717, 1.165) is 32.5 Å². The summed E-state index contributed by atoms with van der Waals surface area (Å²) < 4.78 is 10.2. The first-order valence-electron chi connectivity index (χ1n) is 6.37. The summed E-state index contributed by atoms with van der Waals surface area (Å²) in [7, 11) is 3.39. The molecule has 3 N–H and O–H groups in total. The van der Waals surface area contributed by atoms with Crippen molar-refractivity contribution in [3.05, 3.63) is 0 Å². The monoisotopic (exact) mass is 261 g/mol. The van der Waals surface area contributed by atoms with Crippen LogP contribution in [0.2, 0.25) is 0 Å². The zero-order valence-electron chi connectivity index (χ0n) is 11.8. The van der Waals surface area contributed by atoms with E-state index in [1.54, 1.807) is 14.2 Å². The van der Waals surface area contributed by atoms with Gasteiger partial charge < -0.3 is 20.4 Å². The highest BCUT2D eigenvalue weighted by Gasteiger charge is 2.17. The zero-order chi connectivity index (χ0) is 13.8. The topological polar surface area (TPSA) is 80.3 Å². The third kappa shape index (κ3) is 7.47. The van der Waals surface area contributed by atoms with Crippen LogP contribution in [0.1, 0.15) is 26.2 Å². The van der Waals surface area contributed by atoms with Gasteiger partial charge in [-0.3, -0.25) is 4.90 Å². The minimum atomic E-state index is 0.271. The van der Waals surface area contributed by atoms with E-state index in [9.17, 15) is 0 Å². The van der Waals surface area contributed by atoms with Crippen LogP contribution in [0.25, 0.3) is 0 Å². The van der Waals surface area contributed by atoms with Crippen LogP contribution in [0.3, 0.4) is 0 Å². The molecule has 0 aliphatic rings. The predicted octanol–water partition coefficient (Wildman–Crippen LogP) is 0.886. The maximum atomic E-state index is 8.65. The summed E-state index contributed by atoms with van der Waals surface area (Å²) in [5, 5.41) is 11.7. The van der Waals surface area contributed by atoms with Crippen LogP contribution in [0.4, 0.5) is 0 Å². The van der Waals surface area contributed by atoms with Crippen molar-refractivity contribution in [2.45, 2.75) is 32.2 Å². The molecule has 0 saturated carbocycles. The molecule has 1 atom stereocenters. The Kier molecular flexibility index (Phi) is 10.7. The van der Waals surface area contributed by atoms with Crippen molar-refractivity contribution in [3.63, 3.8) is 0 Å². The fraction of sp³-hybridized carbons (Fsp3) is 0.917. The molecule has 0 saturated heterocycles. The van der Waals surface area contributed by atoms with Crippen LogP contribution < -0.4 is 5.73 Å². The van der Waals surface area contributed by atoms with Gasteiger partial charge in [0.25, 0.3) is 0 Å². The Labute approximate surface area is 110 Å². The molecule has 0 aliphatic carbocycles. The van der Waals surface area contributed by atoms with E-state index in [2.05, 4.69) is 17.0 Å². The summed E-state index contributed by atoms with van der Waals surface area (Å²) in [6.45, 7) is 5.29. The minimum absolute atomic E-state index is 0.271. The third-order valence-corrected chi connectivity index (χ3v) is 2.94. The maximum absolute atomic E-state index is 8.65. The number of hydrogen-bond donors (Lipinski definition) is 2. The second-order valence-corrected chi connectivity index (χ2v) is 4.23. The minimum Gasteiger partial charge on any atom is -0.409 e. The standard InChI is InChI=1S/C12H27N3O3/c1-4-11(10-12(13)14-16)15(7-9-18-3)6-5-8-17-2/h11,16H,4-10H2,1-3H3,(H2,13,14). The van der Waals surface area contributed by atoms with Crippen molar-refractivity contribution in [2.24, 2.45) is 10.9 Å². The molecule has 0 rings (SSSR count). The van der Waals surface area contributed by atoms with Gasteiger partial charge in [-0.15, -0.1) is 0 Å². The number of nitrogens with two attached hydrogens (primary N) is 1. The number of rotatable bonds is 11. The lowest BCUT2D eigenvalue weighted by Gasteiger charge is -2.30. The molecule has 0 bridgehead atoms. The molecule has 0 amide bonds. The summed E-state index contributed by atoms with van der Waals surface area (Å²) in [5.74, 6) is 0.274. The van der Waals surface area contributed by atoms with Crippen LogP contribution in [-0.2, 0) is 9.47 Å². The highest BCUT2D eigenvalue weighted by molar-refractivity contribution is 5.80. The molecule has 0 aliphatic heterocycles. The molecule has 0 radical (unpaired) electrons. The first-order chi connectivity index (χ1) is 8.69. The lowest BCUT2D eigenvalue weighted by atomic mass is 10.1. The molecular formula is C12H27N3O3. The third-order valence-electron chi connectivity index (χ3n) is 2.94. The van der Waals surface area contributed by atoms with Gasteiger partial charge in [0.1, 0.15) is 5.84 Å². The Bertz CT molecular complexity index is 225. The van der Waals surface area contributed by atoms with Crippen LogP contribution in [0.15, 0.2) is 5.16 Å². The van der Waals surface area contributed by atoms with Crippen LogP contribution >= 0.6 is 0 Å². The van der Waals surface area contributed by atoms with E-state index in [1.807, 2.05) is 0 Å². The van der Waals surface area contributed by atoms with Crippen molar-refractivity contribution in [3.8, 4) is 0 Å². The van der Waals surface area contributed by atoms with E-state index in [-0.39, 0.29) is 11.9 Å². The first kappa shape index (κ1) is 17.2. The van der Waals surface area contributed by atoms with Gasteiger partial charge in [0.15, 0.2) is 0 Å². The Hall–Kier alpha value is -0.850. The number of amidine groups is 1. The second-order valence-electron chi connectivity index (χ2n) is 4.23. The second kappa shape index (κ2) is 11.3. The fourth-order valence-electron chi connectivity index (χ4n) is 1.91. The molecule has 0 aromatic heterocycles. The van der Waals surface area contributed by atoms with Crippen LogP contribution in [-0.4, -0.2) is 62.5 Å². The molecule has 0 fully saturated rings. The summed E-state index contributed by atoms with van der Waals surface area (Å²) in [6.07, 6.45) is 2.49. The fourth-order valence-corrected chi connectivity index (χ4v) is 1.91. The number of ether oxygens (including phenoxy) is 2. The van der Waals surface area contributed by atoms with Crippen molar-refractivity contribution in [2.75, 3.05) is 40.5 Å². The molecule has 0 aromatic rings. The number of nitrogens with zero attached hydrogens (tertiary/aromatic N) is 2. The van der Waals surface area contributed by atoms with Gasteiger partial charge in [-0.25, -0.2) is 0 Å². The Morgan fingerprint density at radius 1 is 1.28 bits per heavy atom. The molecule has 1 unspecified atom stereocenters. The average molecular weight is 261 g/mol. The van der Waals surface area contributed by atoms with Crippen LogP contribution in [0.5, 0.6) is 0 Å². The Morgan fingerprint density at radius 3 is 2.44 bits per heavy atom. The molecule has 0 aromatic carbocycles. The lowest BCUT2D eigenvalue weighted by Crippen LogP contribution is -2.40. The quantitative estimate of drug-likeness (QED) is 0.190. The van der Waals surface area contributed by atoms with E-state index in [4.69, 9.17) is 20.4 Å². The summed E-state index contributed by atoms with van der Waals surface area (Å²) in [6, 6.07) is 0.271. The normalized spacial score (nSPS) is 14.1. The Balaban J connectivity index is 4.35. The van der Waals surface area contributed by atoms with Gasteiger partial charge in [0.05, 0.1) is 6.61 Å². The molecule has 6 nitrogen and oxygen atoms in total. The van der Waals surface area contributed by atoms with E-state index in [1.165, 1.54) is 0 Å². The average Bonchev–Trinajstić information content (AvgIpc) is 2.40. The first-order valence-corrected chi connectivity index (χ1v) is 6.37. The molecule has 0 heterocycles. The maximum Gasteiger partial charge on any atom is 0.140 e. The highest BCUT2D eigenvalue weighted by atomic mass is 16.5. The van der Waals surface area contributed by atoms with Crippen molar-refractivity contribution < 1.29 is 14.7 Å². The molecule has 0 spiro atoms. The van der Waals surface area contributed by atoms with Crippen LogP contribution in [0, 0.1) is 0 Å². The van der Waals surface area contributed by atoms with Gasteiger partial charge in [0.2, 0.25) is 0 Å². The lowest BCUT2D eigenvalue weighted by molar-refractivity contribution is 0.106. The SMILES string of the molecule is CCC(C/C(N)=N/O)N(CCCOC)CCOC. The summed E-state index contributed by atoms with van der Waals surface area (Å²) >= 11 is 0. The smallest absolute Gasteiger partial charge is 0.140 e. The number of methoxy groups -OCH3 is 2. The van der Waals surface area contributed by atoms with Gasteiger partial charge in [-0.05, 0) is 12.8 Å². The summed E-state index contributed by atoms with van der Waals surface area (Å²) in [4.78, 5) is 2.31. The number of hydrogen-bond acceptors (Lipinski definition) is 5.